The van der Waals surface area contributed by atoms with Crippen LogP contribution in [0.1, 0.15) is 11.6 Å². The quantitative estimate of drug-likeness (QED) is 0.603. The number of hydrogen-bond donors (Lipinski definition) is 4. The zero-order valence-corrected chi connectivity index (χ0v) is 7.69. The number of alkyl halides is 2. The molecule has 4 nitrogen and oxygen atoms in total. The van der Waals surface area contributed by atoms with E-state index in [2.05, 4.69) is 0 Å². The van der Waals surface area contributed by atoms with Gasteiger partial charge in [-0.1, -0.05) is 0 Å². The van der Waals surface area contributed by atoms with Crippen LogP contribution in [0.15, 0.2) is 18.2 Å². The van der Waals surface area contributed by atoms with Crippen LogP contribution in [0, 0.1) is 0 Å². The summed E-state index contributed by atoms with van der Waals surface area (Å²) in [5.74, 6) is -4.31. The van der Waals surface area contributed by atoms with Crippen molar-refractivity contribution < 1.29 is 24.1 Å². The summed E-state index contributed by atoms with van der Waals surface area (Å²) in [5, 5.41) is 26.6. The van der Waals surface area contributed by atoms with Crippen LogP contribution < -0.4 is 5.73 Å². The van der Waals surface area contributed by atoms with Crippen molar-refractivity contribution in [2.45, 2.75) is 12.0 Å². The number of rotatable bonds is 3. The van der Waals surface area contributed by atoms with Gasteiger partial charge in [0.25, 0.3) is 5.92 Å². The van der Waals surface area contributed by atoms with Gasteiger partial charge >= 0.3 is 0 Å². The molecule has 0 aliphatic heterocycles. The van der Waals surface area contributed by atoms with E-state index >= 15 is 0 Å². The Morgan fingerprint density at radius 1 is 1.33 bits per heavy atom. The topological polar surface area (TPSA) is 86.7 Å². The number of hydrogen-bond acceptors (Lipinski definition) is 4. The van der Waals surface area contributed by atoms with Crippen molar-refractivity contribution in [1.29, 1.82) is 0 Å². The molecule has 1 aromatic carbocycles. The molecule has 0 radical (unpaired) electrons. The maximum absolute atomic E-state index is 13.0. The van der Waals surface area contributed by atoms with E-state index in [9.17, 15) is 13.9 Å². The van der Waals surface area contributed by atoms with E-state index in [0.717, 1.165) is 18.2 Å². The SMILES string of the molecule is N[C@H](c1ccc(O)cc1O)C(F)(F)CO. The summed E-state index contributed by atoms with van der Waals surface area (Å²) in [5.41, 5.74) is 4.95. The van der Waals surface area contributed by atoms with Crippen LogP contribution in [-0.2, 0) is 0 Å². The maximum Gasteiger partial charge on any atom is 0.289 e. The number of nitrogens with two attached hydrogens (primary N) is 1. The second kappa shape index (κ2) is 4.00. The Bertz CT molecular complexity index is 357. The Morgan fingerprint density at radius 2 is 1.93 bits per heavy atom. The van der Waals surface area contributed by atoms with Gasteiger partial charge in [0.15, 0.2) is 0 Å². The molecule has 84 valence electrons. The average molecular weight is 219 g/mol. The predicted octanol–water partition coefficient (Wildman–Crippen LogP) is 0.725. The standard InChI is InChI=1S/C9H11F2NO3/c10-9(11,4-13)8(12)6-2-1-5(14)3-7(6)15/h1-3,8,13-15H,4,12H2/t8-/m1/s1. The van der Waals surface area contributed by atoms with Gasteiger partial charge in [0.05, 0.1) is 0 Å². The Hall–Kier alpha value is -1.40. The lowest BCUT2D eigenvalue weighted by Gasteiger charge is -2.22. The first kappa shape index (κ1) is 11.7. The normalized spacial score (nSPS) is 13.9. The smallest absolute Gasteiger partial charge is 0.289 e. The average Bonchev–Trinajstić information content (AvgIpc) is 2.17. The molecule has 0 aliphatic carbocycles. The highest BCUT2D eigenvalue weighted by Gasteiger charge is 2.38. The van der Waals surface area contributed by atoms with Gasteiger partial charge in [-0.25, -0.2) is 8.78 Å². The third kappa shape index (κ3) is 2.34. The van der Waals surface area contributed by atoms with E-state index in [1.54, 1.807) is 0 Å². The van der Waals surface area contributed by atoms with Gasteiger partial charge in [-0.3, -0.25) is 0 Å². The van der Waals surface area contributed by atoms with Crippen LogP contribution in [0.5, 0.6) is 11.5 Å². The summed E-state index contributed by atoms with van der Waals surface area (Å²) in [6.45, 7) is -1.41. The molecule has 1 atom stereocenters. The molecular formula is C9H11F2NO3. The highest BCUT2D eigenvalue weighted by Crippen LogP contribution is 2.35. The Morgan fingerprint density at radius 3 is 2.40 bits per heavy atom. The van der Waals surface area contributed by atoms with Crippen LogP contribution in [-0.4, -0.2) is 27.8 Å². The fraction of sp³-hybridized carbons (Fsp3) is 0.333. The summed E-state index contributed by atoms with van der Waals surface area (Å²) in [4.78, 5) is 0. The van der Waals surface area contributed by atoms with Crippen molar-refractivity contribution in [2.75, 3.05) is 6.61 Å². The monoisotopic (exact) mass is 219 g/mol. The Balaban J connectivity index is 3.06. The zero-order chi connectivity index (χ0) is 11.6. The third-order valence-corrected chi connectivity index (χ3v) is 2.01. The van der Waals surface area contributed by atoms with E-state index in [4.69, 9.17) is 15.9 Å². The molecule has 0 unspecified atom stereocenters. The molecule has 0 amide bonds. The summed E-state index contributed by atoms with van der Waals surface area (Å²) in [6.07, 6.45) is 0. The lowest BCUT2D eigenvalue weighted by Crippen LogP contribution is -2.36. The molecule has 0 spiro atoms. The van der Waals surface area contributed by atoms with E-state index < -0.39 is 24.3 Å². The van der Waals surface area contributed by atoms with Crippen LogP contribution in [0.2, 0.25) is 0 Å². The molecule has 0 bridgehead atoms. The van der Waals surface area contributed by atoms with E-state index in [-0.39, 0.29) is 11.3 Å². The maximum atomic E-state index is 13.0. The lowest BCUT2D eigenvalue weighted by molar-refractivity contribution is -0.0716. The number of phenols is 2. The van der Waals surface area contributed by atoms with Gasteiger partial charge in [-0.05, 0) is 12.1 Å². The van der Waals surface area contributed by atoms with Crippen LogP contribution in [0.3, 0.4) is 0 Å². The van der Waals surface area contributed by atoms with Crippen LogP contribution in [0.4, 0.5) is 8.78 Å². The first-order valence-electron chi connectivity index (χ1n) is 4.14. The van der Waals surface area contributed by atoms with Crippen molar-refractivity contribution in [3.63, 3.8) is 0 Å². The second-order valence-electron chi connectivity index (χ2n) is 3.14. The molecule has 0 aromatic heterocycles. The molecule has 5 N–H and O–H groups in total. The Kier molecular flexibility index (Phi) is 3.11. The largest absolute Gasteiger partial charge is 0.508 e. The zero-order valence-electron chi connectivity index (χ0n) is 7.69. The minimum atomic E-state index is -3.52. The van der Waals surface area contributed by atoms with Gasteiger partial charge in [-0.2, -0.15) is 0 Å². The van der Waals surface area contributed by atoms with Crippen molar-refractivity contribution >= 4 is 0 Å². The lowest BCUT2D eigenvalue weighted by atomic mass is 10.0. The minimum Gasteiger partial charge on any atom is -0.508 e. The number of phenolic OH excluding ortho intramolecular Hbond substituents is 2. The highest BCUT2D eigenvalue weighted by atomic mass is 19.3. The fourth-order valence-corrected chi connectivity index (χ4v) is 1.12. The molecule has 0 aliphatic rings. The number of aliphatic hydroxyl groups excluding tert-OH is 1. The van der Waals surface area contributed by atoms with E-state index in [1.807, 2.05) is 0 Å². The van der Waals surface area contributed by atoms with Crippen molar-refractivity contribution in [2.24, 2.45) is 5.73 Å². The Labute approximate surface area is 84.6 Å². The van der Waals surface area contributed by atoms with Crippen molar-refractivity contribution in [3.8, 4) is 11.5 Å². The molecule has 0 heterocycles. The molecular weight excluding hydrogens is 208 g/mol. The molecule has 6 heteroatoms. The van der Waals surface area contributed by atoms with Gasteiger partial charge in [-0.15, -0.1) is 0 Å². The second-order valence-corrected chi connectivity index (χ2v) is 3.14. The molecule has 0 fully saturated rings. The van der Waals surface area contributed by atoms with Crippen LogP contribution in [0.25, 0.3) is 0 Å². The number of benzene rings is 1. The van der Waals surface area contributed by atoms with Gasteiger partial charge in [0.2, 0.25) is 0 Å². The first-order chi connectivity index (χ1) is 6.88. The summed E-state index contributed by atoms with van der Waals surface area (Å²) >= 11 is 0. The number of aromatic hydroxyl groups is 2. The molecule has 0 saturated heterocycles. The summed E-state index contributed by atoms with van der Waals surface area (Å²) < 4.78 is 25.9. The van der Waals surface area contributed by atoms with E-state index in [0.29, 0.717) is 0 Å². The fourth-order valence-electron chi connectivity index (χ4n) is 1.12. The molecule has 1 rings (SSSR count). The van der Waals surface area contributed by atoms with Crippen molar-refractivity contribution in [3.05, 3.63) is 23.8 Å². The highest BCUT2D eigenvalue weighted by molar-refractivity contribution is 5.41. The van der Waals surface area contributed by atoms with Crippen molar-refractivity contribution in [1.82, 2.24) is 0 Å². The number of aliphatic hydroxyl groups is 1. The third-order valence-electron chi connectivity index (χ3n) is 2.01. The van der Waals surface area contributed by atoms with Crippen LogP contribution >= 0.6 is 0 Å². The molecule has 0 saturated carbocycles. The van der Waals surface area contributed by atoms with Gasteiger partial charge in [0.1, 0.15) is 24.1 Å². The first-order valence-corrected chi connectivity index (χ1v) is 4.14. The minimum absolute atomic E-state index is 0.230. The number of halogens is 2. The molecule has 1 aromatic rings. The summed E-state index contributed by atoms with van der Waals surface area (Å²) in [7, 11) is 0. The molecule has 15 heavy (non-hydrogen) atoms. The predicted molar refractivity (Wildman–Crippen MR) is 48.7 cm³/mol. The van der Waals surface area contributed by atoms with E-state index in [1.165, 1.54) is 0 Å². The summed E-state index contributed by atoms with van der Waals surface area (Å²) in [6, 6.07) is 1.30. The van der Waals surface area contributed by atoms with Gasteiger partial charge in [0, 0.05) is 11.6 Å². The van der Waals surface area contributed by atoms with Gasteiger partial charge < -0.3 is 21.1 Å².